The SMILES string of the molecule is CC(=O)c1ccc(S(=O)(=O)N(C)CCCC(=O)N2C[C@H](C)O[C@@H](C)C2)cc1. The first kappa shape index (κ1) is 21.5. The van der Waals surface area contributed by atoms with Crippen molar-refractivity contribution in [3.8, 4) is 0 Å². The summed E-state index contributed by atoms with van der Waals surface area (Å²) >= 11 is 0. The fraction of sp³-hybridized carbons (Fsp3) is 0.579. The van der Waals surface area contributed by atoms with Crippen molar-refractivity contribution in [1.82, 2.24) is 9.21 Å². The Labute approximate surface area is 161 Å². The summed E-state index contributed by atoms with van der Waals surface area (Å²) in [6.45, 7) is 6.70. The van der Waals surface area contributed by atoms with E-state index < -0.39 is 10.0 Å². The van der Waals surface area contributed by atoms with Crippen LogP contribution in [0.3, 0.4) is 0 Å². The second-order valence-electron chi connectivity index (χ2n) is 7.07. The molecule has 150 valence electrons. The number of hydrogen-bond acceptors (Lipinski definition) is 5. The van der Waals surface area contributed by atoms with E-state index in [1.807, 2.05) is 13.8 Å². The van der Waals surface area contributed by atoms with Gasteiger partial charge in [-0.2, -0.15) is 0 Å². The molecule has 0 aromatic heterocycles. The van der Waals surface area contributed by atoms with Crippen molar-refractivity contribution >= 4 is 21.7 Å². The van der Waals surface area contributed by atoms with Crippen LogP contribution in [-0.4, -0.2) is 68.2 Å². The zero-order valence-electron chi connectivity index (χ0n) is 16.3. The van der Waals surface area contributed by atoms with Crippen LogP contribution in [0.1, 0.15) is 44.0 Å². The number of amides is 1. The zero-order chi connectivity index (χ0) is 20.2. The maximum Gasteiger partial charge on any atom is 0.242 e. The number of nitrogens with zero attached hydrogens (tertiary/aromatic N) is 2. The minimum Gasteiger partial charge on any atom is -0.372 e. The molecule has 1 aliphatic rings. The van der Waals surface area contributed by atoms with Gasteiger partial charge in [0.2, 0.25) is 15.9 Å². The maximum atomic E-state index is 12.6. The van der Waals surface area contributed by atoms with Gasteiger partial charge in [0, 0.05) is 38.7 Å². The molecule has 1 aliphatic heterocycles. The molecule has 0 saturated carbocycles. The fourth-order valence-corrected chi connectivity index (χ4v) is 4.36. The molecule has 0 radical (unpaired) electrons. The van der Waals surface area contributed by atoms with Crippen LogP contribution in [0.5, 0.6) is 0 Å². The number of Topliss-reactive ketones (excluding diaryl/α,β-unsaturated/α-hetero) is 1. The molecule has 0 N–H and O–H groups in total. The van der Waals surface area contributed by atoms with E-state index >= 15 is 0 Å². The quantitative estimate of drug-likeness (QED) is 0.658. The van der Waals surface area contributed by atoms with Crippen molar-refractivity contribution in [1.29, 1.82) is 0 Å². The molecule has 27 heavy (non-hydrogen) atoms. The van der Waals surface area contributed by atoms with Crippen molar-refractivity contribution in [2.45, 2.75) is 50.7 Å². The van der Waals surface area contributed by atoms with Gasteiger partial charge in [-0.15, -0.1) is 0 Å². The van der Waals surface area contributed by atoms with Gasteiger partial charge in [-0.05, 0) is 39.3 Å². The van der Waals surface area contributed by atoms with E-state index in [-0.39, 0.29) is 35.3 Å². The first-order valence-corrected chi connectivity index (χ1v) is 10.6. The van der Waals surface area contributed by atoms with Gasteiger partial charge in [-0.25, -0.2) is 12.7 Å². The van der Waals surface area contributed by atoms with Crippen molar-refractivity contribution in [2.75, 3.05) is 26.7 Å². The number of hydrogen-bond donors (Lipinski definition) is 0. The third-order valence-corrected chi connectivity index (χ3v) is 6.48. The lowest BCUT2D eigenvalue weighted by Gasteiger charge is -2.35. The summed E-state index contributed by atoms with van der Waals surface area (Å²) in [5.41, 5.74) is 0.469. The van der Waals surface area contributed by atoms with E-state index in [0.717, 1.165) is 0 Å². The van der Waals surface area contributed by atoms with Crippen LogP contribution in [0.4, 0.5) is 0 Å². The standard InChI is InChI=1S/C19H28N2O5S/c1-14-12-21(13-15(2)26-14)19(23)6-5-11-20(4)27(24,25)18-9-7-17(8-10-18)16(3)22/h7-10,14-15H,5-6,11-13H2,1-4H3/t14-,15-/m0/s1. The average Bonchev–Trinajstić information content (AvgIpc) is 2.60. The molecule has 7 nitrogen and oxygen atoms in total. The highest BCUT2D eigenvalue weighted by Gasteiger charge is 2.26. The normalized spacial score (nSPS) is 20.7. The van der Waals surface area contributed by atoms with Gasteiger partial charge in [-0.3, -0.25) is 9.59 Å². The third kappa shape index (κ3) is 5.60. The Morgan fingerprint density at radius 3 is 2.22 bits per heavy atom. The topological polar surface area (TPSA) is 84.0 Å². The average molecular weight is 397 g/mol. The van der Waals surface area contributed by atoms with Crippen LogP contribution in [0.15, 0.2) is 29.2 Å². The summed E-state index contributed by atoms with van der Waals surface area (Å²) in [7, 11) is -2.15. The minimum absolute atomic E-state index is 0.0127. The highest BCUT2D eigenvalue weighted by Crippen LogP contribution is 2.17. The molecule has 0 spiro atoms. The number of ketones is 1. The van der Waals surface area contributed by atoms with E-state index in [1.165, 1.54) is 42.5 Å². The van der Waals surface area contributed by atoms with E-state index in [0.29, 0.717) is 31.5 Å². The second-order valence-corrected chi connectivity index (χ2v) is 9.11. The van der Waals surface area contributed by atoms with Gasteiger partial charge in [0.25, 0.3) is 0 Å². The number of carbonyl (C=O) groups excluding carboxylic acids is 2. The van der Waals surface area contributed by atoms with Crippen molar-refractivity contribution < 1.29 is 22.7 Å². The molecule has 0 bridgehead atoms. The van der Waals surface area contributed by atoms with Crippen molar-refractivity contribution in [2.24, 2.45) is 0 Å². The van der Waals surface area contributed by atoms with Gasteiger partial charge in [0.15, 0.2) is 5.78 Å². The fourth-order valence-electron chi connectivity index (χ4n) is 3.15. The van der Waals surface area contributed by atoms with Crippen molar-refractivity contribution in [3.05, 3.63) is 29.8 Å². The van der Waals surface area contributed by atoms with Crippen LogP contribution in [0.25, 0.3) is 0 Å². The Hall–Kier alpha value is -1.77. The summed E-state index contributed by atoms with van der Waals surface area (Å²) in [5.74, 6) is -0.0915. The Morgan fingerprint density at radius 2 is 1.70 bits per heavy atom. The predicted molar refractivity (Wildman–Crippen MR) is 102 cm³/mol. The van der Waals surface area contributed by atoms with E-state index in [9.17, 15) is 18.0 Å². The van der Waals surface area contributed by atoms with Crippen LogP contribution < -0.4 is 0 Å². The van der Waals surface area contributed by atoms with E-state index in [2.05, 4.69) is 0 Å². The molecule has 1 aromatic carbocycles. The molecule has 2 rings (SSSR count). The Bertz CT molecular complexity index is 766. The number of carbonyl (C=O) groups is 2. The first-order chi connectivity index (χ1) is 12.6. The lowest BCUT2D eigenvalue weighted by atomic mass is 10.2. The van der Waals surface area contributed by atoms with Crippen LogP contribution in [0, 0.1) is 0 Å². The highest BCUT2D eigenvalue weighted by molar-refractivity contribution is 7.89. The van der Waals surface area contributed by atoms with Crippen LogP contribution in [-0.2, 0) is 19.6 Å². The van der Waals surface area contributed by atoms with Gasteiger partial charge < -0.3 is 9.64 Å². The molecule has 1 amide bonds. The number of benzene rings is 1. The summed E-state index contributed by atoms with van der Waals surface area (Å²) in [4.78, 5) is 25.6. The molecular formula is C19H28N2O5S. The Kier molecular flexibility index (Phi) is 7.13. The molecule has 1 fully saturated rings. The summed E-state index contributed by atoms with van der Waals surface area (Å²) in [6, 6.07) is 5.88. The Balaban J connectivity index is 1.89. The smallest absolute Gasteiger partial charge is 0.242 e. The molecule has 2 atom stereocenters. The molecule has 8 heteroatoms. The molecule has 0 aliphatic carbocycles. The molecule has 1 saturated heterocycles. The predicted octanol–water partition coefficient (Wildman–Crippen LogP) is 1.93. The Morgan fingerprint density at radius 1 is 1.15 bits per heavy atom. The van der Waals surface area contributed by atoms with E-state index in [1.54, 1.807) is 4.90 Å². The van der Waals surface area contributed by atoms with Crippen LogP contribution >= 0.6 is 0 Å². The van der Waals surface area contributed by atoms with Gasteiger partial charge in [-0.1, -0.05) is 12.1 Å². The lowest BCUT2D eigenvalue weighted by molar-refractivity contribution is -0.143. The molecule has 1 heterocycles. The van der Waals surface area contributed by atoms with Crippen molar-refractivity contribution in [3.63, 3.8) is 0 Å². The number of ether oxygens (including phenoxy) is 1. The van der Waals surface area contributed by atoms with Gasteiger partial charge >= 0.3 is 0 Å². The largest absolute Gasteiger partial charge is 0.372 e. The number of sulfonamides is 1. The molecular weight excluding hydrogens is 368 g/mol. The summed E-state index contributed by atoms with van der Waals surface area (Å²) in [6.07, 6.45) is 0.764. The zero-order valence-corrected chi connectivity index (χ0v) is 17.2. The maximum absolute atomic E-state index is 12.6. The molecule has 0 unspecified atom stereocenters. The van der Waals surface area contributed by atoms with Gasteiger partial charge in [0.05, 0.1) is 17.1 Å². The second kappa shape index (κ2) is 8.95. The summed E-state index contributed by atoms with van der Waals surface area (Å²) in [5, 5.41) is 0. The highest BCUT2D eigenvalue weighted by atomic mass is 32.2. The summed E-state index contributed by atoms with van der Waals surface area (Å²) < 4.78 is 32.1. The monoisotopic (exact) mass is 396 g/mol. The number of rotatable bonds is 7. The van der Waals surface area contributed by atoms with E-state index in [4.69, 9.17) is 4.74 Å². The number of morpholine rings is 1. The third-order valence-electron chi connectivity index (χ3n) is 4.60. The first-order valence-electron chi connectivity index (χ1n) is 9.12. The minimum atomic E-state index is -3.64. The van der Waals surface area contributed by atoms with Crippen LogP contribution in [0.2, 0.25) is 0 Å². The lowest BCUT2D eigenvalue weighted by Crippen LogP contribution is -2.48. The van der Waals surface area contributed by atoms with Gasteiger partial charge in [0.1, 0.15) is 0 Å². The molecule has 1 aromatic rings.